The van der Waals surface area contributed by atoms with Crippen LogP contribution in [0.5, 0.6) is 17.2 Å². The van der Waals surface area contributed by atoms with Crippen LogP contribution >= 0.6 is 0 Å². The van der Waals surface area contributed by atoms with Crippen molar-refractivity contribution in [3.05, 3.63) is 17.7 Å². The van der Waals surface area contributed by atoms with Crippen molar-refractivity contribution in [1.29, 1.82) is 0 Å². The molecule has 0 bridgehead atoms. The van der Waals surface area contributed by atoms with E-state index in [0.29, 0.717) is 17.2 Å². The van der Waals surface area contributed by atoms with Crippen LogP contribution < -0.4 is 25.5 Å². The number of ether oxygens (including phenoxy) is 3. The molecular weight excluding hydrogens is 208 g/mol. The van der Waals surface area contributed by atoms with E-state index in [1.807, 2.05) is 19.1 Å². The van der Waals surface area contributed by atoms with Crippen molar-refractivity contribution in [1.82, 2.24) is 5.43 Å². The maximum absolute atomic E-state index is 5.39. The summed E-state index contributed by atoms with van der Waals surface area (Å²) in [6.07, 6.45) is 0. The van der Waals surface area contributed by atoms with Gasteiger partial charge in [-0.15, -0.1) is 0 Å². The molecule has 0 heterocycles. The van der Waals surface area contributed by atoms with Crippen LogP contribution in [0.2, 0.25) is 0 Å². The van der Waals surface area contributed by atoms with Gasteiger partial charge < -0.3 is 14.2 Å². The summed E-state index contributed by atoms with van der Waals surface area (Å²) in [6.45, 7) is 1.95. The van der Waals surface area contributed by atoms with Crippen molar-refractivity contribution in [2.24, 2.45) is 5.84 Å². The minimum absolute atomic E-state index is 0.00806. The van der Waals surface area contributed by atoms with Gasteiger partial charge in [-0.05, 0) is 24.6 Å². The van der Waals surface area contributed by atoms with E-state index in [4.69, 9.17) is 20.1 Å². The smallest absolute Gasteiger partial charge is 0.203 e. The first-order chi connectivity index (χ1) is 7.67. The Kier molecular flexibility index (Phi) is 4.39. The maximum Gasteiger partial charge on any atom is 0.203 e. The highest BCUT2D eigenvalue weighted by atomic mass is 16.5. The molecule has 16 heavy (non-hydrogen) atoms. The van der Waals surface area contributed by atoms with Gasteiger partial charge in [-0.2, -0.15) is 0 Å². The van der Waals surface area contributed by atoms with E-state index in [1.165, 1.54) is 0 Å². The largest absolute Gasteiger partial charge is 0.493 e. The molecule has 1 rings (SSSR count). The standard InChI is InChI=1S/C11H18N2O3/c1-7(13-12)8-5-9(14-2)11(16-4)10(6-8)15-3/h5-7,13H,12H2,1-4H3/t7-/m0/s1. The Balaban J connectivity index is 3.25. The number of hydrogen-bond donors (Lipinski definition) is 2. The predicted molar refractivity (Wildman–Crippen MR) is 61.8 cm³/mol. The van der Waals surface area contributed by atoms with Gasteiger partial charge in [-0.1, -0.05) is 0 Å². The molecule has 1 aromatic carbocycles. The molecular formula is C11H18N2O3. The molecule has 0 aliphatic carbocycles. The minimum Gasteiger partial charge on any atom is -0.493 e. The zero-order chi connectivity index (χ0) is 12.1. The van der Waals surface area contributed by atoms with Crippen LogP contribution in [0, 0.1) is 0 Å². The minimum atomic E-state index is 0.00806. The van der Waals surface area contributed by atoms with Crippen LogP contribution in [0.25, 0.3) is 0 Å². The van der Waals surface area contributed by atoms with Gasteiger partial charge in [-0.25, -0.2) is 0 Å². The highest BCUT2D eigenvalue weighted by Gasteiger charge is 2.15. The van der Waals surface area contributed by atoms with Crippen LogP contribution in [-0.4, -0.2) is 21.3 Å². The number of nitrogens with two attached hydrogens (primary N) is 1. The van der Waals surface area contributed by atoms with Crippen molar-refractivity contribution in [3.8, 4) is 17.2 Å². The third-order valence-electron chi connectivity index (χ3n) is 2.44. The molecule has 3 N–H and O–H groups in total. The summed E-state index contributed by atoms with van der Waals surface area (Å²) in [5.74, 6) is 7.22. The van der Waals surface area contributed by atoms with Crippen LogP contribution in [-0.2, 0) is 0 Å². The van der Waals surface area contributed by atoms with Crippen LogP contribution in [0.1, 0.15) is 18.5 Å². The molecule has 0 aliphatic heterocycles. The quantitative estimate of drug-likeness (QED) is 0.584. The van der Waals surface area contributed by atoms with Gasteiger partial charge in [0.15, 0.2) is 11.5 Å². The summed E-state index contributed by atoms with van der Waals surface area (Å²) < 4.78 is 15.7. The van der Waals surface area contributed by atoms with E-state index in [2.05, 4.69) is 5.43 Å². The Morgan fingerprint density at radius 3 is 1.88 bits per heavy atom. The molecule has 0 amide bonds. The molecule has 0 spiro atoms. The fourth-order valence-electron chi connectivity index (χ4n) is 1.45. The van der Waals surface area contributed by atoms with Gasteiger partial charge in [0.05, 0.1) is 21.3 Å². The Labute approximate surface area is 95.5 Å². The van der Waals surface area contributed by atoms with Gasteiger partial charge in [0, 0.05) is 6.04 Å². The van der Waals surface area contributed by atoms with Crippen LogP contribution in [0.4, 0.5) is 0 Å². The zero-order valence-corrected chi connectivity index (χ0v) is 10.0. The first-order valence-electron chi connectivity index (χ1n) is 4.94. The third-order valence-corrected chi connectivity index (χ3v) is 2.44. The number of methoxy groups -OCH3 is 3. The average molecular weight is 226 g/mol. The fourth-order valence-corrected chi connectivity index (χ4v) is 1.45. The molecule has 1 atom stereocenters. The summed E-state index contributed by atoms with van der Waals surface area (Å²) in [7, 11) is 4.74. The molecule has 0 radical (unpaired) electrons. The zero-order valence-electron chi connectivity index (χ0n) is 10.0. The molecule has 0 fully saturated rings. The maximum atomic E-state index is 5.39. The molecule has 0 aliphatic rings. The number of hydrazine groups is 1. The van der Waals surface area contributed by atoms with Crippen molar-refractivity contribution < 1.29 is 14.2 Å². The average Bonchev–Trinajstić information content (AvgIpc) is 2.35. The van der Waals surface area contributed by atoms with E-state index in [0.717, 1.165) is 5.56 Å². The lowest BCUT2D eigenvalue weighted by molar-refractivity contribution is 0.323. The van der Waals surface area contributed by atoms with Crippen molar-refractivity contribution >= 4 is 0 Å². The van der Waals surface area contributed by atoms with E-state index < -0.39 is 0 Å². The van der Waals surface area contributed by atoms with Gasteiger partial charge in [-0.3, -0.25) is 11.3 Å². The molecule has 0 saturated heterocycles. The van der Waals surface area contributed by atoms with E-state index in [-0.39, 0.29) is 6.04 Å². The van der Waals surface area contributed by atoms with E-state index >= 15 is 0 Å². The highest BCUT2D eigenvalue weighted by Crippen LogP contribution is 2.39. The van der Waals surface area contributed by atoms with Gasteiger partial charge in [0.1, 0.15) is 0 Å². The SMILES string of the molecule is COc1cc([C@H](C)NN)cc(OC)c1OC. The lowest BCUT2D eigenvalue weighted by Gasteiger charge is -2.17. The fraction of sp³-hybridized carbons (Fsp3) is 0.455. The Morgan fingerprint density at radius 1 is 1.06 bits per heavy atom. The summed E-state index contributed by atoms with van der Waals surface area (Å²) in [5.41, 5.74) is 3.64. The normalized spacial score (nSPS) is 12.1. The van der Waals surface area contributed by atoms with E-state index in [9.17, 15) is 0 Å². The molecule has 5 heteroatoms. The third kappa shape index (κ3) is 2.37. The molecule has 0 aromatic heterocycles. The number of nitrogens with one attached hydrogen (secondary N) is 1. The topological polar surface area (TPSA) is 65.7 Å². The monoisotopic (exact) mass is 226 g/mol. The second-order valence-corrected chi connectivity index (χ2v) is 3.35. The number of rotatable bonds is 5. The molecule has 90 valence electrons. The molecule has 0 saturated carbocycles. The molecule has 5 nitrogen and oxygen atoms in total. The first kappa shape index (κ1) is 12.6. The number of benzene rings is 1. The van der Waals surface area contributed by atoms with Crippen molar-refractivity contribution in [2.75, 3.05) is 21.3 Å². The predicted octanol–water partition coefficient (Wildman–Crippen LogP) is 1.24. The Hall–Kier alpha value is -1.46. The molecule has 0 unspecified atom stereocenters. The summed E-state index contributed by atoms with van der Waals surface area (Å²) in [4.78, 5) is 0. The second-order valence-electron chi connectivity index (χ2n) is 3.35. The van der Waals surface area contributed by atoms with Gasteiger partial charge in [0.2, 0.25) is 5.75 Å². The summed E-state index contributed by atoms with van der Waals surface area (Å²) >= 11 is 0. The number of hydrogen-bond acceptors (Lipinski definition) is 5. The Bertz CT molecular complexity index is 330. The summed E-state index contributed by atoms with van der Waals surface area (Å²) in [6, 6.07) is 3.74. The first-order valence-corrected chi connectivity index (χ1v) is 4.94. The highest BCUT2D eigenvalue weighted by molar-refractivity contribution is 5.54. The molecule has 1 aromatic rings. The van der Waals surface area contributed by atoms with Crippen molar-refractivity contribution in [2.45, 2.75) is 13.0 Å². The Morgan fingerprint density at radius 2 is 1.56 bits per heavy atom. The van der Waals surface area contributed by atoms with Crippen molar-refractivity contribution in [3.63, 3.8) is 0 Å². The van der Waals surface area contributed by atoms with E-state index in [1.54, 1.807) is 21.3 Å². The van der Waals surface area contributed by atoms with Gasteiger partial charge in [0.25, 0.3) is 0 Å². The van der Waals surface area contributed by atoms with Crippen LogP contribution in [0.15, 0.2) is 12.1 Å². The lowest BCUT2D eigenvalue weighted by Crippen LogP contribution is -2.25. The lowest BCUT2D eigenvalue weighted by atomic mass is 10.1. The summed E-state index contributed by atoms with van der Waals surface area (Å²) in [5, 5.41) is 0. The van der Waals surface area contributed by atoms with Gasteiger partial charge >= 0.3 is 0 Å². The second kappa shape index (κ2) is 5.58. The van der Waals surface area contributed by atoms with Crippen LogP contribution in [0.3, 0.4) is 0 Å².